The molecule has 1 atom stereocenters. The Bertz CT molecular complexity index is 970. The molecule has 1 fully saturated rings. The Morgan fingerprint density at radius 3 is 3.00 bits per heavy atom. The molecule has 3 aromatic rings. The van der Waals surface area contributed by atoms with Crippen LogP contribution in [0.25, 0.3) is 0 Å². The number of nitrogens with zero attached hydrogens (tertiary/aromatic N) is 7. The first-order valence-electron chi connectivity index (χ1n) is 8.81. The smallest absolute Gasteiger partial charge is 0.273 e. The van der Waals surface area contributed by atoms with Crippen molar-refractivity contribution in [1.29, 1.82) is 0 Å². The average molecular weight is 368 g/mol. The van der Waals surface area contributed by atoms with Crippen LogP contribution < -0.4 is 5.56 Å². The van der Waals surface area contributed by atoms with Crippen LogP contribution in [0.1, 0.15) is 40.9 Å². The van der Waals surface area contributed by atoms with Crippen molar-refractivity contribution in [1.82, 2.24) is 39.4 Å². The van der Waals surface area contributed by atoms with E-state index in [0.717, 1.165) is 30.7 Å². The van der Waals surface area contributed by atoms with Gasteiger partial charge in [-0.05, 0) is 18.9 Å². The number of aromatic nitrogens is 7. The molecule has 4 rings (SSSR count). The highest BCUT2D eigenvalue weighted by molar-refractivity contribution is 5.92. The first-order valence-corrected chi connectivity index (χ1v) is 8.81. The fourth-order valence-corrected chi connectivity index (χ4v) is 3.40. The van der Waals surface area contributed by atoms with Crippen molar-refractivity contribution < 1.29 is 4.79 Å². The summed E-state index contributed by atoms with van der Waals surface area (Å²) in [5.41, 5.74) is -0.0838. The third-order valence-electron chi connectivity index (χ3n) is 4.83. The molecular weight excluding hydrogens is 348 g/mol. The van der Waals surface area contributed by atoms with Gasteiger partial charge in [0.1, 0.15) is 18.1 Å². The van der Waals surface area contributed by atoms with E-state index < -0.39 is 0 Å². The van der Waals surface area contributed by atoms with Gasteiger partial charge < -0.3 is 14.5 Å². The second-order valence-electron chi connectivity index (χ2n) is 6.62. The van der Waals surface area contributed by atoms with E-state index in [4.69, 9.17) is 0 Å². The highest BCUT2D eigenvalue weighted by atomic mass is 16.2. The zero-order chi connectivity index (χ0) is 18.8. The van der Waals surface area contributed by atoms with E-state index in [0.29, 0.717) is 19.6 Å². The zero-order valence-corrected chi connectivity index (χ0v) is 14.9. The molecule has 10 nitrogen and oxygen atoms in total. The van der Waals surface area contributed by atoms with Gasteiger partial charge in [-0.1, -0.05) is 0 Å². The molecule has 0 spiro atoms. The van der Waals surface area contributed by atoms with Crippen molar-refractivity contribution in [3.05, 3.63) is 58.6 Å². The maximum atomic E-state index is 12.7. The second-order valence-corrected chi connectivity index (χ2v) is 6.62. The minimum Gasteiger partial charge on any atom is -0.337 e. The van der Waals surface area contributed by atoms with Crippen molar-refractivity contribution in [2.75, 3.05) is 13.1 Å². The van der Waals surface area contributed by atoms with E-state index in [2.05, 4.69) is 25.3 Å². The quantitative estimate of drug-likeness (QED) is 0.702. The number of nitrogens with one attached hydrogen (secondary N) is 1. The monoisotopic (exact) mass is 368 g/mol. The van der Waals surface area contributed by atoms with Crippen LogP contribution in [-0.2, 0) is 13.6 Å². The summed E-state index contributed by atoms with van der Waals surface area (Å²) < 4.78 is 3.78. The predicted molar refractivity (Wildman–Crippen MR) is 95.1 cm³/mol. The SMILES string of the molecule is Cn1c(Cn2cccn2)nnc1C1CCCN(C(=O)c2c[nH]c(=O)cn2)C1. The number of carbonyl (C=O) groups is 1. The number of rotatable bonds is 4. The van der Waals surface area contributed by atoms with Gasteiger partial charge in [0.05, 0.1) is 6.20 Å². The number of piperidine rings is 1. The van der Waals surface area contributed by atoms with Crippen LogP contribution >= 0.6 is 0 Å². The van der Waals surface area contributed by atoms with Gasteiger partial charge in [0.2, 0.25) is 0 Å². The van der Waals surface area contributed by atoms with E-state index in [1.165, 1.54) is 6.20 Å². The van der Waals surface area contributed by atoms with Gasteiger partial charge in [0.15, 0.2) is 5.82 Å². The fourth-order valence-electron chi connectivity index (χ4n) is 3.40. The molecule has 1 unspecified atom stereocenters. The largest absolute Gasteiger partial charge is 0.337 e. The third kappa shape index (κ3) is 3.50. The first-order chi connectivity index (χ1) is 13.1. The molecule has 1 amide bonds. The molecule has 0 bridgehead atoms. The average Bonchev–Trinajstić information content (AvgIpc) is 3.33. The predicted octanol–water partition coefficient (Wildman–Crippen LogP) is 0.163. The summed E-state index contributed by atoms with van der Waals surface area (Å²) in [5.74, 6) is 1.60. The summed E-state index contributed by atoms with van der Waals surface area (Å²) in [4.78, 5) is 32.0. The lowest BCUT2D eigenvalue weighted by Crippen LogP contribution is -2.40. The Hall–Kier alpha value is -3.30. The fraction of sp³-hybridized carbons (Fsp3) is 0.412. The molecule has 1 saturated heterocycles. The molecule has 27 heavy (non-hydrogen) atoms. The number of likely N-dealkylation sites (tertiary alicyclic amines) is 1. The number of hydrogen-bond donors (Lipinski definition) is 1. The number of H-pyrrole nitrogens is 1. The topological polar surface area (TPSA) is 115 Å². The lowest BCUT2D eigenvalue weighted by molar-refractivity contribution is 0.0697. The third-order valence-corrected chi connectivity index (χ3v) is 4.83. The number of amides is 1. The maximum absolute atomic E-state index is 12.7. The Kier molecular flexibility index (Phi) is 4.53. The maximum Gasteiger partial charge on any atom is 0.273 e. The van der Waals surface area contributed by atoms with Gasteiger partial charge in [0.25, 0.3) is 11.5 Å². The van der Waals surface area contributed by atoms with Crippen molar-refractivity contribution >= 4 is 5.91 Å². The van der Waals surface area contributed by atoms with Gasteiger partial charge in [-0.2, -0.15) is 5.10 Å². The van der Waals surface area contributed by atoms with Crippen molar-refractivity contribution in [3.8, 4) is 0 Å². The standard InChI is InChI=1S/C17H20N8O2/c1-23-14(11-25-7-3-5-20-25)21-22-16(23)12-4-2-6-24(10-12)17(27)13-8-19-15(26)9-18-13/h3,5,7-9,12H,2,4,6,10-11H2,1H3,(H,19,26). The molecule has 0 aliphatic carbocycles. The van der Waals surface area contributed by atoms with Gasteiger partial charge in [0, 0.05) is 44.6 Å². The normalized spacial score (nSPS) is 17.2. The number of hydrogen-bond acceptors (Lipinski definition) is 6. The van der Waals surface area contributed by atoms with Crippen LogP contribution in [0.15, 0.2) is 35.6 Å². The molecule has 1 N–H and O–H groups in total. The van der Waals surface area contributed by atoms with Crippen molar-refractivity contribution in [2.45, 2.75) is 25.3 Å². The van der Waals surface area contributed by atoms with Gasteiger partial charge >= 0.3 is 0 Å². The Labute approximate surface area is 154 Å². The molecule has 0 saturated carbocycles. The highest BCUT2D eigenvalue weighted by Crippen LogP contribution is 2.26. The van der Waals surface area contributed by atoms with Gasteiger partial charge in [-0.25, -0.2) is 4.98 Å². The van der Waals surface area contributed by atoms with Crippen LogP contribution in [0, 0.1) is 0 Å². The summed E-state index contributed by atoms with van der Waals surface area (Å²) in [6, 6.07) is 1.87. The number of carbonyl (C=O) groups excluding carboxylic acids is 1. The lowest BCUT2D eigenvalue weighted by Gasteiger charge is -2.32. The summed E-state index contributed by atoms with van der Waals surface area (Å²) in [5, 5.41) is 12.9. The molecule has 0 aromatic carbocycles. The van der Waals surface area contributed by atoms with E-state index >= 15 is 0 Å². The van der Waals surface area contributed by atoms with Crippen molar-refractivity contribution in [3.63, 3.8) is 0 Å². The minimum absolute atomic E-state index is 0.106. The van der Waals surface area contributed by atoms with Crippen molar-refractivity contribution in [2.24, 2.45) is 7.05 Å². The molecule has 1 aliphatic heterocycles. The van der Waals surface area contributed by atoms with Crippen LogP contribution in [0.3, 0.4) is 0 Å². The molecular formula is C17H20N8O2. The van der Waals surface area contributed by atoms with Crippen LogP contribution in [-0.4, -0.2) is 58.4 Å². The summed E-state index contributed by atoms with van der Waals surface area (Å²) >= 11 is 0. The first kappa shape index (κ1) is 17.1. The zero-order valence-electron chi connectivity index (χ0n) is 14.9. The summed E-state index contributed by atoms with van der Waals surface area (Å²) in [7, 11) is 1.94. The van der Waals surface area contributed by atoms with E-state index in [9.17, 15) is 9.59 Å². The van der Waals surface area contributed by atoms with E-state index in [1.807, 2.05) is 23.9 Å². The van der Waals surface area contributed by atoms with Gasteiger partial charge in [-0.3, -0.25) is 14.3 Å². The number of aromatic amines is 1. The molecule has 4 heterocycles. The molecule has 1 aliphatic rings. The summed E-state index contributed by atoms with van der Waals surface area (Å²) in [6.45, 7) is 1.76. The van der Waals surface area contributed by atoms with Crippen LogP contribution in [0.4, 0.5) is 0 Å². The Morgan fingerprint density at radius 2 is 2.26 bits per heavy atom. The van der Waals surface area contributed by atoms with Crippen LogP contribution in [0.5, 0.6) is 0 Å². The van der Waals surface area contributed by atoms with E-state index in [-0.39, 0.29) is 23.1 Å². The lowest BCUT2D eigenvalue weighted by atomic mass is 9.97. The van der Waals surface area contributed by atoms with Gasteiger partial charge in [-0.15, -0.1) is 10.2 Å². The second kappa shape index (κ2) is 7.14. The Morgan fingerprint density at radius 1 is 1.37 bits per heavy atom. The molecule has 140 valence electrons. The molecule has 10 heteroatoms. The molecule has 3 aromatic heterocycles. The highest BCUT2D eigenvalue weighted by Gasteiger charge is 2.29. The van der Waals surface area contributed by atoms with E-state index in [1.54, 1.807) is 15.8 Å². The van der Waals surface area contributed by atoms with Crippen LogP contribution in [0.2, 0.25) is 0 Å². The Balaban J connectivity index is 1.50. The minimum atomic E-state index is -0.327. The summed E-state index contributed by atoms with van der Waals surface area (Å²) in [6.07, 6.45) is 7.91. The molecule has 0 radical (unpaired) electrons.